The van der Waals surface area contributed by atoms with Crippen LogP contribution in [-0.2, 0) is 11.3 Å². The second-order valence-electron chi connectivity index (χ2n) is 7.14. The maximum atomic E-state index is 12.4. The van der Waals surface area contributed by atoms with Crippen LogP contribution in [0.2, 0.25) is 0 Å². The molecular weight excluding hydrogens is 447 g/mol. The van der Waals surface area contributed by atoms with E-state index >= 15 is 0 Å². The van der Waals surface area contributed by atoms with E-state index in [1.165, 1.54) is 32.7 Å². The van der Waals surface area contributed by atoms with Crippen LogP contribution in [-0.4, -0.2) is 23.4 Å². The zero-order valence-electron chi connectivity index (χ0n) is 15.2. The lowest BCUT2D eigenvalue weighted by atomic mass is 10.0. The second kappa shape index (κ2) is 8.40. The van der Waals surface area contributed by atoms with Crippen molar-refractivity contribution in [2.24, 2.45) is 0 Å². The third-order valence-electron chi connectivity index (χ3n) is 5.07. The third-order valence-corrected chi connectivity index (χ3v) is 5.79. The van der Waals surface area contributed by atoms with Crippen LogP contribution in [0.25, 0.3) is 10.8 Å². The third kappa shape index (κ3) is 4.87. The lowest BCUT2D eigenvalue weighted by Gasteiger charge is -2.22. The Hall–Kier alpha value is -1.92. The van der Waals surface area contributed by atoms with Gasteiger partial charge in [0.1, 0.15) is 0 Å². The van der Waals surface area contributed by atoms with Gasteiger partial charge in [0.15, 0.2) is 0 Å². The van der Waals surface area contributed by atoms with Gasteiger partial charge in [-0.05, 0) is 76.0 Å². The summed E-state index contributed by atoms with van der Waals surface area (Å²) in [5, 5.41) is 5.60. The number of nitrogens with zero attached hydrogens (tertiary/aromatic N) is 1. The zero-order chi connectivity index (χ0) is 18.6. The molecule has 0 aliphatic heterocycles. The summed E-state index contributed by atoms with van der Waals surface area (Å²) in [6.07, 6.45) is 3.00. The summed E-state index contributed by atoms with van der Waals surface area (Å²) in [5.74, 6) is 0.0831. The number of carbonyl (C=O) groups is 1. The van der Waals surface area contributed by atoms with E-state index in [0.717, 1.165) is 18.8 Å². The highest BCUT2D eigenvalue weighted by molar-refractivity contribution is 14.1. The Morgan fingerprint density at radius 1 is 1.00 bits per heavy atom. The van der Waals surface area contributed by atoms with Crippen molar-refractivity contribution in [3.05, 3.63) is 75.9 Å². The number of hydrogen-bond acceptors (Lipinski definition) is 2. The number of halogens is 1. The maximum absolute atomic E-state index is 12.4. The van der Waals surface area contributed by atoms with E-state index in [2.05, 4.69) is 75.3 Å². The number of nitrogens with one attached hydrogen (secondary N) is 1. The monoisotopic (exact) mass is 470 g/mol. The van der Waals surface area contributed by atoms with Crippen LogP contribution in [0.5, 0.6) is 0 Å². The molecule has 1 N–H and O–H groups in total. The van der Waals surface area contributed by atoms with Crippen molar-refractivity contribution in [2.75, 3.05) is 11.9 Å². The van der Waals surface area contributed by atoms with Gasteiger partial charge in [-0.1, -0.05) is 42.5 Å². The van der Waals surface area contributed by atoms with E-state index in [-0.39, 0.29) is 5.91 Å². The Morgan fingerprint density at radius 2 is 1.74 bits per heavy atom. The average Bonchev–Trinajstić information content (AvgIpc) is 3.52. The number of carbonyl (C=O) groups excluding carboxylic acids is 1. The fourth-order valence-electron chi connectivity index (χ4n) is 3.48. The Labute approximate surface area is 173 Å². The van der Waals surface area contributed by atoms with Crippen LogP contribution in [0.4, 0.5) is 5.69 Å². The fourth-order valence-corrected chi connectivity index (χ4v) is 3.84. The SMILES string of the molecule is O=C(CCN(Cc1cccc2ccccc12)C1CC1)Nc1ccc(I)cc1. The highest BCUT2D eigenvalue weighted by atomic mass is 127. The van der Waals surface area contributed by atoms with Crippen molar-refractivity contribution in [1.82, 2.24) is 4.90 Å². The smallest absolute Gasteiger partial charge is 0.225 e. The standard InChI is InChI=1S/C23H23IN2O/c24-19-8-10-20(11-9-19)25-23(27)14-15-26(21-12-13-21)16-18-6-3-5-17-4-1-2-7-22(17)18/h1-11,21H,12-16H2,(H,25,27). The number of anilines is 1. The van der Waals surface area contributed by atoms with Crippen LogP contribution in [0.1, 0.15) is 24.8 Å². The fraction of sp³-hybridized carbons (Fsp3) is 0.261. The zero-order valence-corrected chi connectivity index (χ0v) is 17.4. The maximum Gasteiger partial charge on any atom is 0.225 e. The van der Waals surface area contributed by atoms with Gasteiger partial charge in [0.2, 0.25) is 5.91 Å². The molecule has 3 aromatic rings. The molecule has 1 saturated carbocycles. The molecule has 1 aliphatic carbocycles. The Kier molecular flexibility index (Phi) is 5.74. The molecule has 3 nitrogen and oxygen atoms in total. The molecule has 27 heavy (non-hydrogen) atoms. The van der Waals surface area contributed by atoms with E-state index in [9.17, 15) is 4.79 Å². The van der Waals surface area contributed by atoms with Crippen LogP contribution in [0.3, 0.4) is 0 Å². The van der Waals surface area contributed by atoms with Crippen molar-refractivity contribution < 1.29 is 4.79 Å². The van der Waals surface area contributed by atoms with Crippen molar-refractivity contribution in [1.29, 1.82) is 0 Å². The van der Waals surface area contributed by atoms with Crippen molar-refractivity contribution >= 4 is 45.0 Å². The molecule has 4 rings (SSSR count). The quantitative estimate of drug-likeness (QED) is 0.467. The first-order valence-corrected chi connectivity index (χ1v) is 10.5. The molecule has 4 heteroatoms. The summed E-state index contributed by atoms with van der Waals surface area (Å²) in [5.41, 5.74) is 2.21. The van der Waals surface area contributed by atoms with Crippen LogP contribution < -0.4 is 5.32 Å². The Bertz CT molecular complexity index is 929. The molecule has 0 heterocycles. The molecule has 138 valence electrons. The van der Waals surface area contributed by atoms with Crippen molar-refractivity contribution in [2.45, 2.75) is 31.8 Å². The highest BCUT2D eigenvalue weighted by Gasteiger charge is 2.29. The summed E-state index contributed by atoms with van der Waals surface area (Å²) >= 11 is 2.27. The first kappa shape index (κ1) is 18.4. The van der Waals surface area contributed by atoms with Crippen LogP contribution >= 0.6 is 22.6 Å². The van der Waals surface area contributed by atoms with E-state index in [4.69, 9.17) is 0 Å². The molecule has 0 spiro atoms. The number of hydrogen-bond donors (Lipinski definition) is 1. The van der Waals surface area contributed by atoms with Crippen molar-refractivity contribution in [3.8, 4) is 0 Å². The average molecular weight is 470 g/mol. The number of rotatable bonds is 7. The van der Waals surface area contributed by atoms with Gasteiger partial charge in [-0.2, -0.15) is 0 Å². The molecule has 1 amide bonds. The van der Waals surface area contributed by atoms with Gasteiger partial charge in [0, 0.05) is 34.8 Å². The summed E-state index contributed by atoms with van der Waals surface area (Å²) in [6.45, 7) is 1.70. The molecule has 1 aliphatic rings. The number of benzene rings is 3. The molecule has 0 saturated heterocycles. The summed E-state index contributed by atoms with van der Waals surface area (Å²) in [7, 11) is 0. The second-order valence-corrected chi connectivity index (χ2v) is 8.39. The predicted octanol–water partition coefficient (Wildman–Crippen LogP) is 5.44. The van der Waals surface area contributed by atoms with Gasteiger partial charge in [-0.15, -0.1) is 0 Å². The molecule has 1 fully saturated rings. The summed E-state index contributed by atoms with van der Waals surface area (Å²) in [4.78, 5) is 14.8. The lowest BCUT2D eigenvalue weighted by Crippen LogP contribution is -2.29. The van der Waals surface area contributed by atoms with Gasteiger partial charge >= 0.3 is 0 Å². The lowest BCUT2D eigenvalue weighted by molar-refractivity contribution is -0.116. The summed E-state index contributed by atoms with van der Waals surface area (Å²) < 4.78 is 1.17. The first-order chi connectivity index (χ1) is 13.2. The van der Waals surface area contributed by atoms with Crippen LogP contribution in [0.15, 0.2) is 66.7 Å². The minimum atomic E-state index is 0.0831. The van der Waals surface area contributed by atoms with E-state index in [1.807, 2.05) is 24.3 Å². The van der Waals surface area contributed by atoms with E-state index in [0.29, 0.717) is 12.5 Å². The minimum absolute atomic E-state index is 0.0831. The number of fused-ring (bicyclic) bond motifs is 1. The molecular formula is C23H23IN2O. The van der Waals surface area contributed by atoms with Gasteiger partial charge in [-0.3, -0.25) is 9.69 Å². The van der Waals surface area contributed by atoms with Crippen LogP contribution in [0, 0.1) is 3.57 Å². The normalized spacial score (nSPS) is 13.9. The molecule has 0 radical (unpaired) electrons. The largest absolute Gasteiger partial charge is 0.326 e. The van der Waals surface area contributed by atoms with Gasteiger partial charge in [0.05, 0.1) is 0 Å². The Balaban J connectivity index is 1.39. The molecule has 0 aromatic heterocycles. The number of amides is 1. The minimum Gasteiger partial charge on any atom is -0.326 e. The highest BCUT2D eigenvalue weighted by Crippen LogP contribution is 2.30. The van der Waals surface area contributed by atoms with Gasteiger partial charge < -0.3 is 5.32 Å². The topological polar surface area (TPSA) is 32.3 Å². The predicted molar refractivity (Wildman–Crippen MR) is 120 cm³/mol. The molecule has 0 bridgehead atoms. The molecule has 0 unspecified atom stereocenters. The van der Waals surface area contributed by atoms with Gasteiger partial charge in [-0.25, -0.2) is 0 Å². The molecule has 0 atom stereocenters. The van der Waals surface area contributed by atoms with E-state index < -0.39 is 0 Å². The first-order valence-electron chi connectivity index (χ1n) is 9.45. The Morgan fingerprint density at radius 3 is 2.52 bits per heavy atom. The van der Waals surface area contributed by atoms with Gasteiger partial charge in [0.25, 0.3) is 0 Å². The molecule has 3 aromatic carbocycles. The summed E-state index contributed by atoms with van der Waals surface area (Å²) in [6, 6.07) is 23.6. The van der Waals surface area contributed by atoms with Crippen molar-refractivity contribution in [3.63, 3.8) is 0 Å². The van der Waals surface area contributed by atoms with E-state index in [1.54, 1.807) is 0 Å².